The summed E-state index contributed by atoms with van der Waals surface area (Å²) < 4.78 is 6.42. The number of nitrogens with zero attached hydrogens (tertiary/aromatic N) is 3. The van der Waals surface area contributed by atoms with Crippen LogP contribution >= 0.6 is 23.4 Å². The summed E-state index contributed by atoms with van der Waals surface area (Å²) >= 11 is 6.98. The number of anilines is 2. The number of benzene rings is 1. The summed E-state index contributed by atoms with van der Waals surface area (Å²) in [5.74, 6) is -0.473. The van der Waals surface area contributed by atoms with Gasteiger partial charge in [-0.1, -0.05) is 30.3 Å². The third-order valence-corrected chi connectivity index (χ3v) is 4.60. The standard InChI is InChI=1S/C16H20ClN5O3S/c1-3-12(14(24)19-11-7-5-10(17)6-8-11)22-15(18)20-21-16(22)26-9-13(23)25-4-2/h5-8,12H,3-4,9H2,1-2H3,(H2,18,20)(H,19,24). The van der Waals surface area contributed by atoms with Crippen molar-refractivity contribution in [2.45, 2.75) is 31.5 Å². The number of ether oxygens (including phenoxy) is 1. The molecule has 140 valence electrons. The van der Waals surface area contributed by atoms with Gasteiger partial charge in [-0.25, -0.2) is 0 Å². The van der Waals surface area contributed by atoms with Gasteiger partial charge in [-0.2, -0.15) is 0 Å². The molecule has 10 heteroatoms. The summed E-state index contributed by atoms with van der Waals surface area (Å²) in [5.41, 5.74) is 6.51. The van der Waals surface area contributed by atoms with E-state index in [1.165, 1.54) is 4.57 Å². The number of hydrogen-bond donors (Lipinski definition) is 2. The van der Waals surface area contributed by atoms with Gasteiger partial charge in [0.25, 0.3) is 0 Å². The molecule has 8 nitrogen and oxygen atoms in total. The first-order valence-corrected chi connectivity index (χ1v) is 9.37. The highest BCUT2D eigenvalue weighted by atomic mass is 35.5. The van der Waals surface area contributed by atoms with E-state index in [1.54, 1.807) is 31.2 Å². The van der Waals surface area contributed by atoms with E-state index >= 15 is 0 Å². The highest BCUT2D eigenvalue weighted by Crippen LogP contribution is 2.26. The van der Waals surface area contributed by atoms with Crippen LogP contribution in [-0.4, -0.2) is 39.0 Å². The molecule has 3 N–H and O–H groups in total. The van der Waals surface area contributed by atoms with E-state index in [-0.39, 0.29) is 23.6 Å². The van der Waals surface area contributed by atoms with Crippen LogP contribution in [0.4, 0.5) is 11.6 Å². The minimum Gasteiger partial charge on any atom is -0.465 e. The SMILES string of the molecule is CCOC(=O)CSc1nnc(N)n1C(CC)C(=O)Nc1ccc(Cl)cc1. The third-order valence-electron chi connectivity index (χ3n) is 3.43. The molecule has 26 heavy (non-hydrogen) atoms. The molecular weight excluding hydrogens is 378 g/mol. The molecule has 0 fully saturated rings. The van der Waals surface area contributed by atoms with Crippen LogP contribution in [0.25, 0.3) is 0 Å². The van der Waals surface area contributed by atoms with Crippen molar-refractivity contribution in [1.82, 2.24) is 14.8 Å². The number of esters is 1. The highest BCUT2D eigenvalue weighted by Gasteiger charge is 2.25. The van der Waals surface area contributed by atoms with Gasteiger partial charge >= 0.3 is 5.97 Å². The summed E-state index contributed by atoms with van der Waals surface area (Å²) in [6.07, 6.45) is 0.467. The lowest BCUT2D eigenvalue weighted by Gasteiger charge is -2.19. The van der Waals surface area contributed by atoms with Crippen LogP contribution in [0.15, 0.2) is 29.4 Å². The van der Waals surface area contributed by atoms with Crippen LogP contribution in [0.3, 0.4) is 0 Å². The Balaban J connectivity index is 2.15. The summed E-state index contributed by atoms with van der Waals surface area (Å²) in [6.45, 7) is 3.89. The lowest BCUT2D eigenvalue weighted by Crippen LogP contribution is -2.27. The number of hydrogen-bond acceptors (Lipinski definition) is 7. The largest absolute Gasteiger partial charge is 0.465 e. The van der Waals surface area contributed by atoms with E-state index in [9.17, 15) is 9.59 Å². The van der Waals surface area contributed by atoms with E-state index in [1.807, 2.05) is 6.92 Å². The van der Waals surface area contributed by atoms with Gasteiger partial charge in [0.1, 0.15) is 6.04 Å². The van der Waals surface area contributed by atoms with Gasteiger partial charge in [-0.3, -0.25) is 14.2 Å². The molecule has 0 bridgehead atoms. The minimum absolute atomic E-state index is 0.0568. The Hall–Kier alpha value is -2.26. The van der Waals surface area contributed by atoms with E-state index in [4.69, 9.17) is 22.1 Å². The average molecular weight is 398 g/mol. The Labute approximate surface area is 160 Å². The summed E-state index contributed by atoms with van der Waals surface area (Å²) in [6, 6.07) is 6.17. The van der Waals surface area contributed by atoms with Gasteiger partial charge in [0.15, 0.2) is 5.16 Å². The molecule has 1 unspecified atom stereocenters. The second-order valence-electron chi connectivity index (χ2n) is 5.22. The maximum atomic E-state index is 12.7. The highest BCUT2D eigenvalue weighted by molar-refractivity contribution is 7.99. The van der Waals surface area contributed by atoms with Gasteiger partial charge < -0.3 is 15.8 Å². The van der Waals surface area contributed by atoms with Gasteiger partial charge in [0.2, 0.25) is 11.9 Å². The van der Waals surface area contributed by atoms with Gasteiger partial charge in [-0.05, 0) is 37.6 Å². The van der Waals surface area contributed by atoms with Crippen molar-refractivity contribution in [2.24, 2.45) is 0 Å². The van der Waals surface area contributed by atoms with Crippen molar-refractivity contribution < 1.29 is 14.3 Å². The maximum Gasteiger partial charge on any atom is 0.316 e. The predicted molar refractivity (Wildman–Crippen MR) is 101 cm³/mol. The summed E-state index contributed by atoms with van der Waals surface area (Å²) in [4.78, 5) is 24.2. The van der Waals surface area contributed by atoms with Crippen molar-refractivity contribution in [3.05, 3.63) is 29.3 Å². The Kier molecular flexibility index (Phi) is 7.28. The Morgan fingerprint density at radius 3 is 2.62 bits per heavy atom. The van der Waals surface area contributed by atoms with Crippen LogP contribution in [0.2, 0.25) is 5.02 Å². The van der Waals surface area contributed by atoms with E-state index < -0.39 is 6.04 Å². The zero-order valence-corrected chi connectivity index (χ0v) is 16.0. The van der Waals surface area contributed by atoms with E-state index in [2.05, 4.69) is 15.5 Å². The molecular formula is C16H20ClN5O3S. The molecule has 0 spiro atoms. The zero-order valence-electron chi connectivity index (χ0n) is 14.4. The fraction of sp³-hybridized carbons (Fsp3) is 0.375. The minimum atomic E-state index is -0.620. The number of nitrogens with one attached hydrogen (secondary N) is 1. The zero-order chi connectivity index (χ0) is 19.1. The second-order valence-corrected chi connectivity index (χ2v) is 6.60. The molecule has 1 aromatic heterocycles. The molecule has 1 heterocycles. The number of carbonyl (C=O) groups is 2. The van der Waals surface area contributed by atoms with Crippen LogP contribution in [0, 0.1) is 0 Å². The first kappa shape index (κ1) is 20.1. The first-order valence-electron chi connectivity index (χ1n) is 8.01. The van der Waals surface area contributed by atoms with E-state index in [0.717, 1.165) is 11.8 Å². The van der Waals surface area contributed by atoms with Crippen LogP contribution in [0.1, 0.15) is 26.3 Å². The van der Waals surface area contributed by atoms with Gasteiger partial charge in [0, 0.05) is 10.7 Å². The monoisotopic (exact) mass is 397 g/mol. The fourth-order valence-corrected chi connectivity index (χ4v) is 3.16. The summed E-state index contributed by atoms with van der Waals surface area (Å²) in [7, 11) is 0. The van der Waals surface area contributed by atoms with Crippen LogP contribution in [-0.2, 0) is 14.3 Å². The third kappa shape index (κ3) is 5.12. The van der Waals surface area contributed by atoms with Crippen molar-refractivity contribution in [3.8, 4) is 0 Å². The second kappa shape index (κ2) is 9.44. The lowest BCUT2D eigenvalue weighted by atomic mass is 10.2. The topological polar surface area (TPSA) is 112 Å². The summed E-state index contributed by atoms with van der Waals surface area (Å²) in [5, 5.41) is 11.6. The number of aromatic nitrogens is 3. The van der Waals surface area contributed by atoms with Crippen molar-refractivity contribution in [1.29, 1.82) is 0 Å². The average Bonchev–Trinajstić information content (AvgIpc) is 2.97. The van der Waals surface area contributed by atoms with E-state index in [0.29, 0.717) is 28.9 Å². The van der Waals surface area contributed by atoms with Gasteiger partial charge in [0.05, 0.1) is 12.4 Å². The number of amides is 1. The van der Waals surface area contributed by atoms with Gasteiger partial charge in [-0.15, -0.1) is 10.2 Å². The molecule has 0 saturated heterocycles. The number of thioether (sulfide) groups is 1. The molecule has 0 aliphatic carbocycles. The fourth-order valence-electron chi connectivity index (χ4n) is 2.25. The number of nitrogens with two attached hydrogens (primary N) is 1. The predicted octanol–water partition coefficient (Wildman–Crippen LogP) is 2.76. The quantitative estimate of drug-likeness (QED) is 0.520. The maximum absolute atomic E-state index is 12.7. The molecule has 1 amide bonds. The van der Waals surface area contributed by atoms with Crippen molar-refractivity contribution >= 4 is 46.9 Å². The molecule has 1 atom stereocenters. The first-order chi connectivity index (χ1) is 12.5. The molecule has 0 aliphatic heterocycles. The number of nitrogen functional groups attached to an aromatic ring is 1. The lowest BCUT2D eigenvalue weighted by molar-refractivity contribution is -0.139. The Bertz CT molecular complexity index is 766. The van der Waals surface area contributed by atoms with Crippen molar-refractivity contribution in [2.75, 3.05) is 23.4 Å². The molecule has 0 aliphatic rings. The molecule has 2 rings (SSSR count). The number of halogens is 1. The molecule has 1 aromatic carbocycles. The normalized spacial score (nSPS) is 11.8. The van der Waals surface area contributed by atoms with Crippen molar-refractivity contribution in [3.63, 3.8) is 0 Å². The molecule has 0 radical (unpaired) electrons. The Morgan fingerprint density at radius 1 is 1.31 bits per heavy atom. The van der Waals surface area contributed by atoms with Crippen LogP contribution < -0.4 is 11.1 Å². The molecule has 0 saturated carbocycles. The molecule has 2 aromatic rings. The number of rotatable bonds is 8. The van der Waals surface area contributed by atoms with Crippen LogP contribution in [0.5, 0.6) is 0 Å². The number of carbonyl (C=O) groups excluding carboxylic acids is 2. The Morgan fingerprint density at radius 2 is 2.00 bits per heavy atom. The smallest absolute Gasteiger partial charge is 0.316 e.